The van der Waals surface area contributed by atoms with Gasteiger partial charge in [-0.05, 0) is 18.3 Å². The van der Waals surface area contributed by atoms with E-state index in [-0.39, 0.29) is 12.0 Å². The van der Waals surface area contributed by atoms with Gasteiger partial charge < -0.3 is 4.74 Å². The number of rotatable bonds is 4. The van der Waals surface area contributed by atoms with Crippen molar-refractivity contribution < 1.29 is 14.3 Å². The Labute approximate surface area is 105 Å². The lowest BCUT2D eigenvalue weighted by Crippen LogP contribution is -2.32. The zero-order valence-corrected chi connectivity index (χ0v) is 11.7. The van der Waals surface area contributed by atoms with E-state index in [4.69, 9.17) is 4.74 Å². The van der Waals surface area contributed by atoms with Crippen LogP contribution in [-0.4, -0.2) is 18.0 Å². The molecule has 0 aromatic carbocycles. The Kier molecular flexibility index (Phi) is 6.87. The molecule has 1 atom stereocenters. The number of hydrogen-bond donors (Lipinski definition) is 1. The molecule has 0 radical (unpaired) electrons. The molecule has 0 aliphatic rings. The average molecular weight is 327 g/mol. The molecule has 0 heterocycles. The first-order chi connectivity index (χ1) is 6.88. The Morgan fingerprint density at radius 2 is 1.80 bits per heavy atom. The van der Waals surface area contributed by atoms with Gasteiger partial charge in [-0.1, -0.05) is 27.7 Å². The van der Waals surface area contributed by atoms with Crippen LogP contribution in [0.15, 0.2) is 0 Å². The molecule has 0 fully saturated rings. The van der Waals surface area contributed by atoms with Crippen molar-refractivity contribution in [2.75, 3.05) is 0 Å². The number of ether oxygens (including phenoxy) is 1. The topological polar surface area (TPSA) is 55.4 Å². The largest absolute Gasteiger partial charge is 0.455 e. The molecule has 0 aromatic heterocycles. The van der Waals surface area contributed by atoms with Gasteiger partial charge in [0.05, 0.1) is 22.9 Å². The van der Waals surface area contributed by atoms with Crippen LogP contribution in [-0.2, 0) is 14.3 Å². The van der Waals surface area contributed by atoms with Crippen molar-refractivity contribution in [3.05, 3.63) is 0 Å². The Balaban J connectivity index is 4.28. The van der Waals surface area contributed by atoms with Crippen LogP contribution in [0.5, 0.6) is 0 Å². The maximum atomic E-state index is 11.2. The summed E-state index contributed by atoms with van der Waals surface area (Å²) in [5, 5.41) is 0. The first-order valence-electron chi connectivity index (χ1n) is 5.00. The summed E-state index contributed by atoms with van der Waals surface area (Å²) in [6, 6.07) is 0. The second-order valence-corrected chi connectivity index (χ2v) is 4.78. The average Bonchev–Trinajstić information content (AvgIpc) is 2.14. The predicted octanol–water partition coefficient (Wildman–Crippen LogP) is 2.07. The maximum absolute atomic E-state index is 11.2. The Morgan fingerprint density at radius 1 is 1.27 bits per heavy atom. The Bertz CT molecular complexity index is 229. The van der Waals surface area contributed by atoms with E-state index in [1.54, 1.807) is 22.9 Å². The molecule has 0 saturated carbocycles. The minimum atomic E-state index is -0.802. The zero-order valence-electron chi connectivity index (χ0n) is 9.54. The molecule has 0 aliphatic heterocycles. The minimum Gasteiger partial charge on any atom is -0.455 e. The molecule has 4 nitrogen and oxygen atoms in total. The summed E-state index contributed by atoms with van der Waals surface area (Å²) in [6.07, 6.45) is 0.587. The lowest BCUT2D eigenvalue weighted by molar-refractivity contribution is -0.160. The maximum Gasteiger partial charge on any atom is 0.397 e. The van der Waals surface area contributed by atoms with Crippen molar-refractivity contribution in [2.24, 2.45) is 11.8 Å². The van der Waals surface area contributed by atoms with Crippen molar-refractivity contribution in [1.29, 1.82) is 0 Å². The SMILES string of the molecule is CC(C)CC(OC(=O)C(=O)NI)C(C)C. The number of esters is 1. The molecule has 1 unspecified atom stereocenters. The van der Waals surface area contributed by atoms with Gasteiger partial charge in [0.2, 0.25) is 0 Å². The first kappa shape index (κ1) is 14.7. The third-order valence-corrected chi connectivity index (χ3v) is 2.47. The molecule has 88 valence electrons. The van der Waals surface area contributed by atoms with Crippen molar-refractivity contribution >= 4 is 34.7 Å². The number of carbonyl (C=O) groups is 2. The lowest BCUT2D eigenvalue weighted by Gasteiger charge is -2.22. The monoisotopic (exact) mass is 327 g/mol. The van der Waals surface area contributed by atoms with Gasteiger partial charge in [-0.2, -0.15) is 0 Å². The summed E-state index contributed by atoms with van der Waals surface area (Å²) in [6.45, 7) is 8.06. The van der Waals surface area contributed by atoms with Gasteiger partial charge in [-0.15, -0.1) is 0 Å². The molecule has 0 saturated heterocycles. The highest BCUT2D eigenvalue weighted by Gasteiger charge is 2.23. The predicted molar refractivity (Wildman–Crippen MR) is 66.3 cm³/mol. The summed E-state index contributed by atoms with van der Waals surface area (Å²) in [5.74, 6) is -0.847. The van der Waals surface area contributed by atoms with Gasteiger partial charge in [-0.3, -0.25) is 8.32 Å². The van der Waals surface area contributed by atoms with E-state index >= 15 is 0 Å². The highest BCUT2D eigenvalue weighted by molar-refractivity contribution is 14.1. The van der Waals surface area contributed by atoms with E-state index in [9.17, 15) is 9.59 Å². The zero-order chi connectivity index (χ0) is 12.0. The molecule has 1 amide bonds. The molecular weight excluding hydrogens is 309 g/mol. The van der Waals surface area contributed by atoms with Gasteiger partial charge in [0, 0.05) is 0 Å². The van der Waals surface area contributed by atoms with Gasteiger partial charge in [-0.25, -0.2) is 4.79 Å². The molecule has 0 aliphatic carbocycles. The van der Waals surface area contributed by atoms with Crippen LogP contribution in [0, 0.1) is 11.8 Å². The van der Waals surface area contributed by atoms with Crippen LogP contribution in [0.4, 0.5) is 0 Å². The van der Waals surface area contributed by atoms with Crippen LogP contribution >= 0.6 is 22.9 Å². The molecule has 0 rings (SSSR count). The Hall–Kier alpha value is -0.330. The fourth-order valence-corrected chi connectivity index (χ4v) is 1.37. The molecule has 1 N–H and O–H groups in total. The van der Waals surface area contributed by atoms with E-state index in [2.05, 4.69) is 17.4 Å². The number of hydrogen-bond acceptors (Lipinski definition) is 3. The van der Waals surface area contributed by atoms with E-state index in [1.165, 1.54) is 0 Å². The number of amides is 1. The van der Waals surface area contributed by atoms with Crippen molar-refractivity contribution in [2.45, 2.75) is 40.2 Å². The van der Waals surface area contributed by atoms with Gasteiger partial charge in [0.1, 0.15) is 6.10 Å². The summed E-state index contributed by atoms with van der Waals surface area (Å²) in [5.41, 5.74) is 0. The number of halogens is 1. The summed E-state index contributed by atoms with van der Waals surface area (Å²) in [7, 11) is 0. The van der Waals surface area contributed by atoms with Crippen LogP contribution in [0.3, 0.4) is 0 Å². The van der Waals surface area contributed by atoms with E-state index < -0.39 is 11.9 Å². The standard InChI is InChI=1S/C10H18INO3/c1-6(2)5-8(7(3)4)15-10(14)9(13)12-11/h6-8H,5H2,1-4H3,(H,12,13). The van der Waals surface area contributed by atoms with Gasteiger partial charge in [0.25, 0.3) is 0 Å². The molecule has 5 heteroatoms. The highest BCUT2D eigenvalue weighted by Crippen LogP contribution is 2.16. The Morgan fingerprint density at radius 3 is 2.13 bits per heavy atom. The van der Waals surface area contributed by atoms with Crippen LogP contribution in [0.2, 0.25) is 0 Å². The number of nitrogens with one attached hydrogen (secondary N) is 1. The fraction of sp³-hybridized carbons (Fsp3) is 0.800. The number of carbonyl (C=O) groups excluding carboxylic acids is 2. The normalized spacial score (nSPS) is 12.7. The van der Waals surface area contributed by atoms with E-state index in [1.807, 2.05) is 13.8 Å². The third-order valence-electron chi connectivity index (χ3n) is 1.98. The van der Waals surface area contributed by atoms with Crippen LogP contribution in [0.1, 0.15) is 34.1 Å². The fourth-order valence-electron chi connectivity index (χ4n) is 1.15. The third kappa shape index (κ3) is 5.96. The van der Waals surface area contributed by atoms with Gasteiger partial charge in [0.15, 0.2) is 0 Å². The highest BCUT2D eigenvalue weighted by atomic mass is 127. The molecule has 0 bridgehead atoms. The molecule has 0 aromatic rings. The smallest absolute Gasteiger partial charge is 0.397 e. The molecule has 15 heavy (non-hydrogen) atoms. The quantitative estimate of drug-likeness (QED) is 0.372. The summed E-state index contributed by atoms with van der Waals surface area (Å²) < 4.78 is 7.34. The summed E-state index contributed by atoms with van der Waals surface area (Å²) >= 11 is 1.62. The molecule has 0 spiro atoms. The van der Waals surface area contributed by atoms with Crippen molar-refractivity contribution in [3.8, 4) is 0 Å². The van der Waals surface area contributed by atoms with E-state index in [0.717, 1.165) is 6.42 Å². The van der Waals surface area contributed by atoms with E-state index in [0.29, 0.717) is 5.92 Å². The van der Waals surface area contributed by atoms with Crippen LogP contribution < -0.4 is 3.53 Å². The van der Waals surface area contributed by atoms with Crippen LogP contribution in [0.25, 0.3) is 0 Å². The molecular formula is C10H18INO3. The van der Waals surface area contributed by atoms with Crippen molar-refractivity contribution in [3.63, 3.8) is 0 Å². The minimum absolute atomic E-state index is 0.189. The summed E-state index contributed by atoms with van der Waals surface area (Å²) in [4.78, 5) is 22.2. The van der Waals surface area contributed by atoms with Gasteiger partial charge >= 0.3 is 11.9 Å². The van der Waals surface area contributed by atoms with Crippen molar-refractivity contribution in [1.82, 2.24) is 3.53 Å². The second-order valence-electron chi connectivity index (χ2n) is 4.24. The first-order valence-corrected chi connectivity index (χ1v) is 6.08. The lowest BCUT2D eigenvalue weighted by atomic mass is 9.97. The second kappa shape index (κ2) is 7.03.